The fraction of sp³-hybridized carbons (Fsp3) is 1.00. The maximum absolute atomic E-state index is 12.6. The van der Waals surface area contributed by atoms with E-state index in [1.165, 1.54) is 6.42 Å². The van der Waals surface area contributed by atoms with Crippen molar-refractivity contribution in [3.8, 4) is 0 Å². The van der Waals surface area contributed by atoms with Crippen LogP contribution in [-0.4, -0.2) is 27.0 Å². The van der Waals surface area contributed by atoms with Gasteiger partial charge in [0.25, 0.3) is 0 Å². The van der Waals surface area contributed by atoms with Crippen molar-refractivity contribution in [2.75, 3.05) is 19.4 Å². The standard InChI is InChI=1S/C12H21Cl6O3P/c1-2-3-4-5-6-7-8-22(19,20-9-11(13,14)15)21-10-12(16,17)18/h2-10H2,1H3. The third kappa shape index (κ3) is 15.4. The van der Waals surface area contributed by atoms with Gasteiger partial charge in [0, 0.05) is 0 Å². The second kappa shape index (κ2) is 11.5. The molecule has 0 aromatic carbocycles. The van der Waals surface area contributed by atoms with Gasteiger partial charge in [-0.25, -0.2) is 0 Å². The van der Waals surface area contributed by atoms with Crippen LogP contribution in [0.1, 0.15) is 45.4 Å². The van der Waals surface area contributed by atoms with E-state index >= 15 is 0 Å². The molecule has 0 amide bonds. The molecule has 0 atom stereocenters. The normalized spacial score (nSPS) is 13.6. The summed E-state index contributed by atoms with van der Waals surface area (Å²) in [7, 11) is -3.47. The molecule has 0 unspecified atom stereocenters. The van der Waals surface area contributed by atoms with Crippen molar-refractivity contribution < 1.29 is 13.6 Å². The van der Waals surface area contributed by atoms with E-state index in [0.29, 0.717) is 6.42 Å². The van der Waals surface area contributed by atoms with Crippen LogP contribution in [-0.2, 0) is 13.6 Å². The molecule has 0 spiro atoms. The van der Waals surface area contributed by atoms with Gasteiger partial charge in [-0.15, -0.1) is 0 Å². The van der Waals surface area contributed by atoms with Gasteiger partial charge < -0.3 is 9.05 Å². The van der Waals surface area contributed by atoms with Gasteiger partial charge in [0.2, 0.25) is 7.59 Å². The zero-order valence-corrected chi connectivity index (χ0v) is 17.7. The summed E-state index contributed by atoms with van der Waals surface area (Å²) in [6, 6.07) is 0. The number of hydrogen-bond acceptors (Lipinski definition) is 3. The van der Waals surface area contributed by atoms with Crippen LogP contribution in [0.4, 0.5) is 0 Å². The van der Waals surface area contributed by atoms with E-state index in [2.05, 4.69) is 6.92 Å². The Balaban J connectivity index is 4.35. The van der Waals surface area contributed by atoms with Gasteiger partial charge in [0.05, 0.1) is 6.16 Å². The zero-order valence-electron chi connectivity index (χ0n) is 12.3. The lowest BCUT2D eigenvalue weighted by Crippen LogP contribution is -2.17. The van der Waals surface area contributed by atoms with Gasteiger partial charge in [-0.2, -0.15) is 0 Å². The lowest BCUT2D eigenvalue weighted by molar-refractivity contribution is 0.209. The fourth-order valence-corrected chi connectivity index (χ4v) is 4.10. The summed E-state index contributed by atoms with van der Waals surface area (Å²) >= 11 is 33.6. The molecule has 0 heterocycles. The molecule has 0 aromatic heterocycles. The molecule has 0 bridgehead atoms. The van der Waals surface area contributed by atoms with E-state index in [-0.39, 0.29) is 19.4 Å². The molecule has 0 fully saturated rings. The Morgan fingerprint density at radius 1 is 0.773 bits per heavy atom. The summed E-state index contributed by atoms with van der Waals surface area (Å²) in [4.78, 5) is 0. The molecule has 134 valence electrons. The molecule has 0 N–H and O–H groups in total. The van der Waals surface area contributed by atoms with Crippen molar-refractivity contribution in [2.45, 2.75) is 53.0 Å². The van der Waals surface area contributed by atoms with Crippen LogP contribution >= 0.6 is 77.2 Å². The van der Waals surface area contributed by atoms with Gasteiger partial charge >= 0.3 is 7.60 Å². The SMILES string of the molecule is CCCCCCCCP(=O)(OCC(Cl)(Cl)Cl)OCC(Cl)(Cl)Cl. The lowest BCUT2D eigenvalue weighted by atomic mass is 10.1. The van der Waals surface area contributed by atoms with Crippen molar-refractivity contribution in [2.24, 2.45) is 0 Å². The summed E-state index contributed by atoms with van der Waals surface area (Å²) in [5.74, 6) is 0. The molecule has 0 aliphatic heterocycles. The summed E-state index contributed by atoms with van der Waals surface area (Å²) in [5.41, 5.74) is 0. The highest BCUT2D eigenvalue weighted by atomic mass is 35.6. The molecule has 10 heteroatoms. The molecule has 0 aliphatic rings. The molecule has 0 saturated heterocycles. The predicted molar refractivity (Wildman–Crippen MR) is 98.3 cm³/mol. The van der Waals surface area contributed by atoms with E-state index < -0.39 is 15.2 Å². The van der Waals surface area contributed by atoms with Crippen molar-refractivity contribution in [1.29, 1.82) is 0 Å². The van der Waals surface area contributed by atoms with E-state index in [1.54, 1.807) is 0 Å². The van der Waals surface area contributed by atoms with Crippen LogP contribution in [0.3, 0.4) is 0 Å². The Labute approximate surface area is 162 Å². The minimum absolute atomic E-state index is 0.195. The van der Waals surface area contributed by atoms with E-state index in [4.69, 9.17) is 78.7 Å². The molecule has 0 radical (unpaired) electrons. The smallest absolute Gasteiger partial charge is 0.304 e. The third-order valence-corrected chi connectivity index (χ3v) is 5.20. The highest BCUT2D eigenvalue weighted by molar-refractivity contribution is 7.53. The number of alkyl halides is 6. The van der Waals surface area contributed by atoms with E-state index in [1.807, 2.05) is 0 Å². The fourth-order valence-electron chi connectivity index (χ4n) is 1.60. The second-order valence-corrected chi connectivity index (χ2v) is 12.1. The van der Waals surface area contributed by atoms with Gasteiger partial charge in [-0.3, -0.25) is 4.57 Å². The molecule has 0 rings (SSSR count). The first-order valence-corrected chi connectivity index (χ1v) is 11.0. The summed E-state index contributed by atoms with van der Waals surface area (Å²) in [5, 5.41) is 0. The Kier molecular flexibility index (Phi) is 12.5. The Morgan fingerprint density at radius 2 is 1.18 bits per heavy atom. The van der Waals surface area contributed by atoms with Gasteiger partial charge in [0.1, 0.15) is 13.2 Å². The molecular formula is C12H21Cl6O3P. The first kappa shape index (κ1) is 23.9. The molecule has 22 heavy (non-hydrogen) atoms. The third-order valence-electron chi connectivity index (χ3n) is 2.64. The molecule has 0 saturated carbocycles. The first-order chi connectivity index (χ1) is 9.97. The van der Waals surface area contributed by atoms with Gasteiger partial charge in [0.15, 0.2) is 0 Å². The Bertz CT molecular complexity index is 321. The largest absolute Gasteiger partial charge is 0.330 e. The molecule has 0 aromatic rings. The summed E-state index contributed by atoms with van der Waals surface area (Å²) < 4.78 is 19.6. The van der Waals surface area contributed by atoms with Gasteiger partial charge in [-0.05, 0) is 6.42 Å². The van der Waals surface area contributed by atoms with Crippen LogP contribution in [0.5, 0.6) is 0 Å². The van der Waals surface area contributed by atoms with Crippen molar-refractivity contribution in [1.82, 2.24) is 0 Å². The van der Waals surface area contributed by atoms with Gasteiger partial charge in [-0.1, -0.05) is 109 Å². The van der Waals surface area contributed by atoms with Crippen LogP contribution in [0.15, 0.2) is 0 Å². The van der Waals surface area contributed by atoms with Crippen LogP contribution < -0.4 is 0 Å². The maximum Gasteiger partial charge on any atom is 0.330 e. The Hall–Kier alpha value is 1.89. The quantitative estimate of drug-likeness (QED) is 0.186. The van der Waals surface area contributed by atoms with Crippen LogP contribution in [0, 0.1) is 0 Å². The van der Waals surface area contributed by atoms with Crippen molar-refractivity contribution in [3.63, 3.8) is 0 Å². The van der Waals surface area contributed by atoms with Crippen LogP contribution in [0.2, 0.25) is 0 Å². The predicted octanol–water partition coefficient (Wildman–Crippen LogP) is 7.31. The number of rotatable bonds is 11. The number of hydrogen-bond donors (Lipinski definition) is 0. The van der Waals surface area contributed by atoms with Crippen molar-refractivity contribution >= 4 is 77.2 Å². The van der Waals surface area contributed by atoms with E-state index in [0.717, 1.165) is 25.7 Å². The summed E-state index contributed by atoms with van der Waals surface area (Å²) in [6.07, 6.45) is 6.33. The highest BCUT2D eigenvalue weighted by Crippen LogP contribution is 2.52. The topological polar surface area (TPSA) is 35.5 Å². The van der Waals surface area contributed by atoms with Crippen molar-refractivity contribution in [3.05, 3.63) is 0 Å². The average Bonchev–Trinajstić information content (AvgIpc) is 2.37. The number of unbranched alkanes of at least 4 members (excludes halogenated alkanes) is 5. The first-order valence-electron chi connectivity index (χ1n) is 6.99. The molecular weight excluding hydrogens is 436 g/mol. The van der Waals surface area contributed by atoms with Crippen LogP contribution in [0.25, 0.3) is 0 Å². The molecule has 0 aliphatic carbocycles. The minimum atomic E-state index is -3.47. The zero-order chi connectivity index (χ0) is 17.3. The second-order valence-electron chi connectivity index (χ2n) is 4.88. The Morgan fingerprint density at radius 3 is 1.59 bits per heavy atom. The van der Waals surface area contributed by atoms with E-state index in [9.17, 15) is 4.57 Å². The number of halogens is 6. The minimum Gasteiger partial charge on any atom is -0.304 e. The molecule has 3 nitrogen and oxygen atoms in total. The highest BCUT2D eigenvalue weighted by Gasteiger charge is 2.33. The lowest BCUT2D eigenvalue weighted by Gasteiger charge is -2.22. The monoisotopic (exact) mass is 454 g/mol. The summed E-state index contributed by atoms with van der Waals surface area (Å²) in [6.45, 7) is 1.43. The maximum atomic E-state index is 12.6. The average molecular weight is 457 g/mol.